The van der Waals surface area contributed by atoms with Crippen LogP contribution in [0.4, 0.5) is 0 Å². The third-order valence-electron chi connectivity index (χ3n) is 3.32. The molecule has 0 saturated carbocycles. The number of aryl methyl sites for hydroxylation is 1. The van der Waals surface area contributed by atoms with Crippen molar-refractivity contribution in [1.82, 2.24) is 9.55 Å². The maximum Gasteiger partial charge on any atom is 0.131 e. The van der Waals surface area contributed by atoms with Crippen LogP contribution < -0.4 is 10.5 Å². The lowest BCUT2D eigenvalue weighted by molar-refractivity contribution is -0.117. The average Bonchev–Trinajstić information content (AvgIpc) is 2.80. The minimum Gasteiger partial charge on any atom is -0.494 e. The highest BCUT2D eigenvalue weighted by atomic mass is 16.5. The molecule has 0 fully saturated rings. The van der Waals surface area contributed by atoms with Crippen molar-refractivity contribution >= 4 is 16.8 Å². The summed E-state index contributed by atoms with van der Waals surface area (Å²) >= 11 is 0. The fraction of sp³-hybridized carbons (Fsp3) is 0.500. The Morgan fingerprint density at radius 2 is 2.24 bits per heavy atom. The molecular formula is C16H23N3O2. The Kier molecular flexibility index (Phi) is 4.96. The van der Waals surface area contributed by atoms with Gasteiger partial charge in [-0.05, 0) is 32.4 Å². The van der Waals surface area contributed by atoms with Crippen molar-refractivity contribution in [2.75, 3.05) is 6.61 Å². The Morgan fingerprint density at radius 1 is 1.48 bits per heavy atom. The van der Waals surface area contributed by atoms with Gasteiger partial charge < -0.3 is 15.0 Å². The molecule has 0 saturated heterocycles. The first-order chi connectivity index (χ1) is 10.0. The summed E-state index contributed by atoms with van der Waals surface area (Å²) in [6, 6.07) is 5.68. The van der Waals surface area contributed by atoms with Crippen LogP contribution in [0.1, 0.15) is 45.5 Å². The monoisotopic (exact) mass is 289 g/mol. The van der Waals surface area contributed by atoms with Crippen LogP contribution in [0.3, 0.4) is 0 Å². The summed E-state index contributed by atoms with van der Waals surface area (Å²) in [6.45, 7) is 6.87. The highest BCUT2D eigenvalue weighted by Crippen LogP contribution is 2.24. The number of ether oxygens (including phenoxy) is 1. The molecule has 2 aromatic rings. The molecule has 0 amide bonds. The standard InChI is InChI=1S/C16H23N3O2/c1-4-9-21-13-5-6-15-14(10-13)18-16(12(3)17)19(15)8-7-11(2)20/h5-6,10,12H,4,7-9,17H2,1-3H3. The number of benzene rings is 1. The summed E-state index contributed by atoms with van der Waals surface area (Å²) in [5.74, 6) is 1.78. The zero-order valence-electron chi connectivity index (χ0n) is 12.9. The van der Waals surface area contributed by atoms with E-state index in [1.165, 1.54) is 0 Å². The molecule has 0 spiro atoms. The minimum atomic E-state index is -0.177. The number of carbonyl (C=O) groups excluding carboxylic acids is 1. The molecule has 0 aliphatic heterocycles. The van der Waals surface area contributed by atoms with E-state index in [1.54, 1.807) is 6.92 Å². The molecule has 1 aromatic heterocycles. The van der Waals surface area contributed by atoms with Crippen LogP contribution in [0.2, 0.25) is 0 Å². The smallest absolute Gasteiger partial charge is 0.131 e. The van der Waals surface area contributed by atoms with E-state index >= 15 is 0 Å². The van der Waals surface area contributed by atoms with Gasteiger partial charge in [0.05, 0.1) is 23.7 Å². The molecule has 5 heteroatoms. The highest BCUT2D eigenvalue weighted by Gasteiger charge is 2.14. The van der Waals surface area contributed by atoms with Gasteiger partial charge >= 0.3 is 0 Å². The molecule has 2 rings (SSSR count). The van der Waals surface area contributed by atoms with Gasteiger partial charge in [0, 0.05) is 19.0 Å². The van der Waals surface area contributed by atoms with Gasteiger partial charge in [0.2, 0.25) is 0 Å². The minimum absolute atomic E-state index is 0.162. The summed E-state index contributed by atoms with van der Waals surface area (Å²) in [5, 5.41) is 0. The second-order valence-corrected chi connectivity index (χ2v) is 5.36. The van der Waals surface area contributed by atoms with E-state index in [4.69, 9.17) is 10.5 Å². The molecular weight excluding hydrogens is 266 g/mol. The Labute approximate surface area is 125 Å². The summed E-state index contributed by atoms with van der Waals surface area (Å²) in [7, 11) is 0. The molecule has 0 radical (unpaired) electrons. The molecule has 0 aliphatic carbocycles. The maximum absolute atomic E-state index is 11.2. The van der Waals surface area contributed by atoms with Crippen LogP contribution in [0, 0.1) is 0 Å². The number of imidazole rings is 1. The van der Waals surface area contributed by atoms with Crippen LogP contribution >= 0.6 is 0 Å². The normalized spacial score (nSPS) is 12.6. The van der Waals surface area contributed by atoms with E-state index in [2.05, 4.69) is 11.9 Å². The topological polar surface area (TPSA) is 70.1 Å². The van der Waals surface area contributed by atoms with Crippen molar-refractivity contribution < 1.29 is 9.53 Å². The Morgan fingerprint density at radius 3 is 2.86 bits per heavy atom. The number of aromatic nitrogens is 2. The number of nitrogens with two attached hydrogens (primary N) is 1. The first kappa shape index (κ1) is 15.5. The zero-order valence-corrected chi connectivity index (χ0v) is 12.9. The number of Topliss-reactive ketones (excluding diaryl/α,β-unsaturated/α-hetero) is 1. The molecule has 0 bridgehead atoms. The van der Waals surface area contributed by atoms with E-state index < -0.39 is 0 Å². The predicted molar refractivity (Wildman–Crippen MR) is 83.4 cm³/mol. The lowest BCUT2D eigenvalue weighted by atomic mass is 10.2. The Hall–Kier alpha value is -1.88. The van der Waals surface area contributed by atoms with E-state index in [-0.39, 0.29) is 11.8 Å². The number of nitrogens with zero attached hydrogens (tertiary/aromatic N) is 2. The van der Waals surface area contributed by atoms with Gasteiger partial charge in [-0.1, -0.05) is 6.92 Å². The van der Waals surface area contributed by atoms with E-state index in [9.17, 15) is 4.79 Å². The van der Waals surface area contributed by atoms with Gasteiger partial charge in [0.25, 0.3) is 0 Å². The Bertz CT molecular complexity index is 632. The van der Waals surface area contributed by atoms with Gasteiger partial charge in [0.15, 0.2) is 0 Å². The van der Waals surface area contributed by atoms with Gasteiger partial charge in [-0.15, -0.1) is 0 Å². The van der Waals surface area contributed by atoms with Crippen molar-refractivity contribution in [2.45, 2.75) is 46.2 Å². The van der Waals surface area contributed by atoms with Crippen molar-refractivity contribution in [2.24, 2.45) is 5.73 Å². The molecule has 2 N–H and O–H groups in total. The summed E-state index contributed by atoms with van der Waals surface area (Å²) < 4.78 is 7.67. The maximum atomic E-state index is 11.2. The van der Waals surface area contributed by atoms with Crippen molar-refractivity contribution in [1.29, 1.82) is 0 Å². The SMILES string of the molecule is CCCOc1ccc2c(c1)nc(C(C)N)n2CCC(C)=O. The lowest BCUT2D eigenvalue weighted by Crippen LogP contribution is -2.14. The third-order valence-corrected chi connectivity index (χ3v) is 3.32. The molecule has 5 nitrogen and oxygen atoms in total. The van der Waals surface area contributed by atoms with Crippen LogP contribution in [0.5, 0.6) is 5.75 Å². The van der Waals surface area contributed by atoms with Crippen LogP contribution in [0.25, 0.3) is 11.0 Å². The molecule has 21 heavy (non-hydrogen) atoms. The summed E-state index contributed by atoms with van der Waals surface area (Å²) in [5.41, 5.74) is 7.86. The third kappa shape index (κ3) is 3.61. The highest BCUT2D eigenvalue weighted by molar-refractivity contribution is 5.79. The van der Waals surface area contributed by atoms with Gasteiger partial charge in [0.1, 0.15) is 17.4 Å². The van der Waals surface area contributed by atoms with Gasteiger partial charge in [-0.2, -0.15) is 0 Å². The van der Waals surface area contributed by atoms with E-state index in [1.807, 2.05) is 29.7 Å². The quantitative estimate of drug-likeness (QED) is 0.851. The molecule has 114 valence electrons. The first-order valence-electron chi connectivity index (χ1n) is 7.41. The van der Waals surface area contributed by atoms with Gasteiger partial charge in [-0.3, -0.25) is 4.79 Å². The van der Waals surface area contributed by atoms with Crippen LogP contribution in [-0.2, 0) is 11.3 Å². The molecule has 0 aliphatic rings. The fourth-order valence-corrected chi connectivity index (χ4v) is 2.29. The van der Waals surface area contributed by atoms with E-state index in [0.29, 0.717) is 19.6 Å². The molecule has 1 aromatic carbocycles. The largest absolute Gasteiger partial charge is 0.494 e. The van der Waals surface area contributed by atoms with Crippen molar-refractivity contribution in [3.8, 4) is 5.75 Å². The molecule has 1 unspecified atom stereocenters. The number of fused-ring (bicyclic) bond motifs is 1. The van der Waals surface area contributed by atoms with E-state index in [0.717, 1.165) is 29.0 Å². The summed E-state index contributed by atoms with van der Waals surface area (Å²) in [6.07, 6.45) is 1.45. The van der Waals surface area contributed by atoms with Crippen LogP contribution in [-0.4, -0.2) is 21.9 Å². The number of ketones is 1. The first-order valence-corrected chi connectivity index (χ1v) is 7.41. The van der Waals surface area contributed by atoms with Gasteiger partial charge in [-0.25, -0.2) is 4.98 Å². The van der Waals surface area contributed by atoms with Crippen LogP contribution in [0.15, 0.2) is 18.2 Å². The number of carbonyl (C=O) groups is 1. The Balaban J connectivity index is 2.39. The van der Waals surface area contributed by atoms with Crippen molar-refractivity contribution in [3.63, 3.8) is 0 Å². The second-order valence-electron chi connectivity index (χ2n) is 5.36. The number of rotatable bonds is 7. The average molecular weight is 289 g/mol. The van der Waals surface area contributed by atoms with Crippen molar-refractivity contribution in [3.05, 3.63) is 24.0 Å². The number of hydrogen-bond donors (Lipinski definition) is 1. The molecule has 1 heterocycles. The fourth-order valence-electron chi connectivity index (χ4n) is 2.29. The lowest BCUT2D eigenvalue weighted by Gasteiger charge is -2.10. The number of hydrogen-bond acceptors (Lipinski definition) is 4. The molecule has 1 atom stereocenters. The summed E-state index contributed by atoms with van der Waals surface area (Å²) in [4.78, 5) is 15.8. The predicted octanol–water partition coefficient (Wildman–Crippen LogP) is 2.82. The second kappa shape index (κ2) is 6.72. The zero-order chi connectivity index (χ0) is 15.4.